The van der Waals surface area contributed by atoms with Crippen LogP contribution in [0.3, 0.4) is 0 Å². The smallest absolute Gasteiger partial charge is 0.145 e. The first-order valence-corrected chi connectivity index (χ1v) is 10.0. The third-order valence-corrected chi connectivity index (χ3v) is 4.69. The van der Waals surface area contributed by atoms with E-state index in [0.29, 0.717) is 26.1 Å². The van der Waals surface area contributed by atoms with Crippen LogP contribution in [0.4, 0.5) is 4.39 Å². The monoisotopic (exact) mass is 400 g/mol. The molecule has 1 aliphatic heterocycles. The van der Waals surface area contributed by atoms with E-state index in [1.54, 1.807) is 6.07 Å². The lowest BCUT2D eigenvalue weighted by atomic mass is 10.0. The Morgan fingerprint density at radius 1 is 1.21 bits per heavy atom. The van der Waals surface area contributed by atoms with E-state index in [2.05, 4.69) is 10.1 Å². The zero-order valence-corrected chi connectivity index (χ0v) is 17.0. The van der Waals surface area contributed by atoms with Crippen molar-refractivity contribution in [2.45, 2.75) is 45.1 Å². The number of hydrogen-bond acceptors (Lipinski definition) is 5. The Kier molecular flexibility index (Phi) is 7.75. The molecule has 2 aromatic rings. The van der Waals surface area contributed by atoms with Crippen LogP contribution < -0.4 is 0 Å². The van der Waals surface area contributed by atoms with E-state index in [9.17, 15) is 9.50 Å². The van der Waals surface area contributed by atoms with Crippen LogP contribution >= 0.6 is 0 Å². The Morgan fingerprint density at radius 2 is 2.00 bits per heavy atom. The van der Waals surface area contributed by atoms with Gasteiger partial charge < -0.3 is 14.7 Å². The summed E-state index contributed by atoms with van der Waals surface area (Å²) in [6, 6.07) is 16.5. The second-order valence-electron chi connectivity index (χ2n) is 7.70. The molecule has 29 heavy (non-hydrogen) atoms. The van der Waals surface area contributed by atoms with Crippen LogP contribution in [0.2, 0.25) is 0 Å². The quantitative estimate of drug-likeness (QED) is 0.662. The van der Waals surface area contributed by atoms with Gasteiger partial charge in [0.2, 0.25) is 0 Å². The van der Waals surface area contributed by atoms with Crippen LogP contribution in [0.5, 0.6) is 0 Å². The summed E-state index contributed by atoms with van der Waals surface area (Å²) in [5, 5.41) is 14.6. The van der Waals surface area contributed by atoms with Crippen LogP contribution in [0, 0.1) is 5.82 Å². The lowest BCUT2D eigenvalue weighted by Gasteiger charge is -2.27. The molecule has 2 atom stereocenters. The minimum atomic E-state index is -0.637. The van der Waals surface area contributed by atoms with Crippen LogP contribution in [-0.4, -0.2) is 53.7 Å². The summed E-state index contributed by atoms with van der Waals surface area (Å²) in [5.41, 5.74) is 2.83. The van der Waals surface area contributed by atoms with Gasteiger partial charge in [-0.2, -0.15) is 0 Å². The summed E-state index contributed by atoms with van der Waals surface area (Å²) >= 11 is 0. The molecule has 2 aromatic carbocycles. The van der Waals surface area contributed by atoms with E-state index in [-0.39, 0.29) is 24.6 Å². The predicted molar refractivity (Wildman–Crippen MR) is 111 cm³/mol. The predicted octanol–water partition coefficient (Wildman–Crippen LogP) is 3.61. The molecule has 0 fully saturated rings. The number of ether oxygens (including phenoxy) is 1. The number of aliphatic hydroxyl groups excluding tert-OH is 1. The molecule has 0 bridgehead atoms. The summed E-state index contributed by atoms with van der Waals surface area (Å²) in [5.74, 6) is -0.266. The molecule has 0 saturated heterocycles. The second-order valence-corrected chi connectivity index (χ2v) is 7.70. The number of hydrogen-bond donors (Lipinski definition) is 1. The molecule has 0 aliphatic carbocycles. The highest BCUT2D eigenvalue weighted by Gasteiger charge is 2.25. The van der Waals surface area contributed by atoms with E-state index >= 15 is 0 Å². The normalized spacial score (nSPS) is 17.4. The van der Waals surface area contributed by atoms with Gasteiger partial charge >= 0.3 is 0 Å². The molecule has 0 saturated carbocycles. The highest BCUT2D eigenvalue weighted by Crippen LogP contribution is 2.19. The van der Waals surface area contributed by atoms with Gasteiger partial charge in [0.15, 0.2) is 0 Å². The maximum absolute atomic E-state index is 13.6. The van der Waals surface area contributed by atoms with Gasteiger partial charge in [0.25, 0.3) is 0 Å². The molecule has 1 aliphatic rings. The lowest BCUT2D eigenvalue weighted by molar-refractivity contribution is -0.0194. The first kappa shape index (κ1) is 21.4. The molecule has 0 spiro atoms. The van der Waals surface area contributed by atoms with Crippen molar-refractivity contribution in [2.24, 2.45) is 5.16 Å². The molecule has 0 aromatic heterocycles. The van der Waals surface area contributed by atoms with Crippen LogP contribution in [0.15, 0.2) is 59.8 Å². The number of halogens is 1. The van der Waals surface area contributed by atoms with Gasteiger partial charge in [-0.25, -0.2) is 4.39 Å². The van der Waals surface area contributed by atoms with E-state index in [0.717, 1.165) is 16.8 Å². The Balaban J connectivity index is 1.61. The minimum absolute atomic E-state index is 0.0568. The zero-order valence-electron chi connectivity index (χ0n) is 17.0. The molecular formula is C23H29FN2O3. The maximum atomic E-state index is 13.6. The van der Waals surface area contributed by atoms with Gasteiger partial charge in [-0.05, 0) is 37.1 Å². The van der Waals surface area contributed by atoms with Crippen molar-refractivity contribution < 1.29 is 19.1 Å². The maximum Gasteiger partial charge on any atom is 0.145 e. The average Bonchev–Trinajstić information content (AvgIpc) is 3.15. The van der Waals surface area contributed by atoms with Crippen molar-refractivity contribution in [2.75, 3.05) is 19.7 Å². The fourth-order valence-electron chi connectivity index (χ4n) is 3.37. The first-order chi connectivity index (χ1) is 14.0. The Hall–Kier alpha value is -2.28. The summed E-state index contributed by atoms with van der Waals surface area (Å²) in [6.07, 6.45) is 0.00239. The molecule has 1 N–H and O–H groups in total. The van der Waals surface area contributed by atoms with Crippen LogP contribution in [0.1, 0.15) is 31.4 Å². The van der Waals surface area contributed by atoms with Crippen LogP contribution in [0.25, 0.3) is 0 Å². The number of rotatable bonds is 10. The Morgan fingerprint density at radius 3 is 2.72 bits per heavy atom. The van der Waals surface area contributed by atoms with Crippen molar-refractivity contribution in [1.82, 2.24) is 4.90 Å². The molecule has 5 nitrogen and oxygen atoms in total. The Bertz CT molecular complexity index is 798. The number of oxime groups is 1. The van der Waals surface area contributed by atoms with Gasteiger partial charge in [-0.15, -0.1) is 0 Å². The highest BCUT2D eigenvalue weighted by molar-refractivity contribution is 6.01. The second kappa shape index (κ2) is 10.5. The third-order valence-electron chi connectivity index (χ3n) is 4.69. The fourth-order valence-corrected chi connectivity index (χ4v) is 3.37. The van der Waals surface area contributed by atoms with E-state index in [1.807, 2.05) is 50.2 Å². The van der Waals surface area contributed by atoms with E-state index < -0.39 is 6.10 Å². The number of nitrogens with zero attached hydrogens (tertiary/aromatic N) is 2. The highest BCUT2D eigenvalue weighted by atomic mass is 19.1. The zero-order chi connectivity index (χ0) is 20.6. The van der Waals surface area contributed by atoms with Gasteiger partial charge in [0.1, 0.15) is 11.9 Å². The molecule has 3 rings (SSSR count). The lowest BCUT2D eigenvalue weighted by Crippen LogP contribution is -2.39. The van der Waals surface area contributed by atoms with Gasteiger partial charge in [0, 0.05) is 26.1 Å². The first-order valence-electron chi connectivity index (χ1n) is 10.0. The summed E-state index contributed by atoms with van der Waals surface area (Å²) in [7, 11) is 0. The summed E-state index contributed by atoms with van der Waals surface area (Å²) < 4.78 is 19.1. The van der Waals surface area contributed by atoms with Crippen molar-refractivity contribution in [3.63, 3.8) is 0 Å². The molecule has 0 radical (unpaired) electrons. The van der Waals surface area contributed by atoms with Crippen molar-refractivity contribution in [1.29, 1.82) is 0 Å². The summed E-state index contributed by atoms with van der Waals surface area (Å²) in [4.78, 5) is 7.72. The van der Waals surface area contributed by atoms with Crippen LogP contribution in [-0.2, 0) is 16.1 Å². The molecule has 1 heterocycles. The van der Waals surface area contributed by atoms with Gasteiger partial charge in [-0.1, -0.05) is 47.6 Å². The Labute approximate surface area is 171 Å². The number of benzene rings is 2. The van der Waals surface area contributed by atoms with E-state index in [1.165, 1.54) is 12.1 Å². The largest absolute Gasteiger partial charge is 0.390 e. The SMILES string of the molecule is CC(C)OC[C@H](O)CN(Cc1cccc(F)c1)C[C@H]1CC(c2ccccc2)=NO1. The number of aliphatic hydroxyl groups is 1. The van der Waals surface area contributed by atoms with Gasteiger partial charge in [-0.3, -0.25) is 4.90 Å². The molecule has 6 heteroatoms. The van der Waals surface area contributed by atoms with Gasteiger partial charge in [0.05, 0.1) is 24.5 Å². The molecular weight excluding hydrogens is 371 g/mol. The van der Waals surface area contributed by atoms with Crippen molar-refractivity contribution in [3.05, 3.63) is 71.5 Å². The molecule has 156 valence electrons. The van der Waals surface area contributed by atoms with Crippen molar-refractivity contribution >= 4 is 5.71 Å². The fraction of sp³-hybridized carbons (Fsp3) is 0.435. The molecule has 0 unspecified atom stereocenters. The van der Waals surface area contributed by atoms with E-state index in [4.69, 9.17) is 9.57 Å². The average molecular weight is 400 g/mol. The topological polar surface area (TPSA) is 54.3 Å². The third kappa shape index (κ3) is 6.92. The van der Waals surface area contributed by atoms with Crippen molar-refractivity contribution in [3.8, 4) is 0 Å². The molecule has 0 amide bonds. The minimum Gasteiger partial charge on any atom is -0.390 e. The standard InChI is InChI=1S/C23H29FN2O3/c1-17(2)28-16-21(27)14-26(13-18-7-6-10-20(24)11-18)15-22-12-23(25-29-22)19-8-4-3-5-9-19/h3-11,17,21-22,27H,12-16H2,1-2H3/t21-,22-/m1/s1. The summed E-state index contributed by atoms with van der Waals surface area (Å²) in [6.45, 7) is 5.63.